The molecule has 0 heterocycles. The minimum atomic E-state index is 0.783. The molecule has 0 aliphatic carbocycles. The SMILES string of the molecule is NCCSCCCCOc1ccccc1. The number of rotatable bonds is 8. The molecule has 84 valence electrons. The van der Waals surface area contributed by atoms with E-state index >= 15 is 0 Å². The first-order valence-electron chi connectivity index (χ1n) is 5.39. The van der Waals surface area contributed by atoms with Gasteiger partial charge in [-0.1, -0.05) is 18.2 Å². The third-order valence-corrected chi connectivity index (χ3v) is 3.06. The highest BCUT2D eigenvalue weighted by atomic mass is 32.2. The zero-order valence-electron chi connectivity index (χ0n) is 9.02. The summed E-state index contributed by atoms with van der Waals surface area (Å²) in [5, 5.41) is 0. The van der Waals surface area contributed by atoms with Crippen molar-refractivity contribution in [3.8, 4) is 5.75 Å². The van der Waals surface area contributed by atoms with Crippen LogP contribution in [0.25, 0.3) is 0 Å². The van der Waals surface area contributed by atoms with Gasteiger partial charge in [0.1, 0.15) is 5.75 Å². The largest absolute Gasteiger partial charge is 0.494 e. The molecule has 0 saturated carbocycles. The molecule has 3 heteroatoms. The van der Waals surface area contributed by atoms with Crippen LogP contribution >= 0.6 is 11.8 Å². The molecule has 0 bridgehead atoms. The van der Waals surface area contributed by atoms with Crippen LogP contribution in [0.3, 0.4) is 0 Å². The van der Waals surface area contributed by atoms with E-state index in [1.807, 2.05) is 42.1 Å². The summed E-state index contributed by atoms with van der Waals surface area (Å²) < 4.78 is 5.58. The van der Waals surface area contributed by atoms with Crippen LogP contribution in [-0.2, 0) is 0 Å². The van der Waals surface area contributed by atoms with Crippen molar-refractivity contribution in [2.24, 2.45) is 5.73 Å². The van der Waals surface area contributed by atoms with Crippen molar-refractivity contribution in [2.75, 3.05) is 24.7 Å². The van der Waals surface area contributed by atoms with E-state index in [-0.39, 0.29) is 0 Å². The van der Waals surface area contributed by atoms with Crippen LogP contribution < -0.4 is 10.5 Å². The Bertz CT molecular complexity index is 241. The standard InChI is InChI=1S/C12H19NOS/c13-8-11-15-10-5-4-9-14-12-6-2-1-3-7-12/h1-3,6-7H,4-5,8-11,13H2. The molecule has 0 spiro atoms. The fourth-order valence-electron chi connectivity index (χ4n) is 1.20. The van der Waals surface area contributed by atoms with Crippen LogP contribution in [0.2, 0.25) is 0 Å². The maximum atomic E-state index is 5.58. The maximum absolute atomic E-state index is 5.58. The number of benzene rings is 1. The topological polar surface area (TPSA) is 35.2 Å². The second kappa shape index (κ2) is 8.62. The van der Waals surface area contributed by atoms with E-state index in [0.29, 0.717) is 0 Å². The molecule has 0 aliphatic rings. The quantitative estimate of drug-likeness (QED) is 0.691. The Morgan fingerprint density at radius 2 is 1.87 bits per heavy atom. The molecule has 2 nitrogen and oxygen atoms in total. The predicted molar refractivity (Wildman–Crippen MR) is 67.6 cm³/mol. The lowest BCUT2D eigenvalue weighted by Gasteiger charge is -2.05. The highest BCUT2D eigenvalue weighted by molar-refractivity contribution is 7.99. The molecular weight excluding hydrogens is 206 g/mol. The summed E-state index contributed by atoms with van der Waals surface area (Å²) in [7, 11) is 0. The van der Waals surface area contributed by atoms with E-state index in [9.17, 15) is 0 Å². The first-order valence-corrected chi connectivity index (χ1v) is 6.54. The molecule has 0 fully saturated rings. The fraction of sp³-hybridized carbons (Fsp3) is 0.500. The van der Waals surface area contributed by atoms with Crippen molar-refractivity contribution in [1.29, 1.82) is 0 Å². The van der Waals surface area contributed by atoms with E-state index in [2.05, 4.69) is 0 Å². The number of unbranched alkanes of at least 4 members (excludes halogenated alkanes) is 1. The maximum Gasteiger partial charge on any atom is 0.119 e. The lowest BCUT2D eigenvalue weighted by Crippen LogP contribution is -2.02. The normalized spacial score (nSPS) is 10.2. The van der Waals surface area contributed by atoms with Crippen LogP contribution in [0.5, 0.6) is 5.75 Å². The van der Waals surface area contributed by atoms with Crippen molar-refractivity contribution >= 4 is 11.8 Å². The van der Waals surface area contributed by atoms with Crippen LogP contribution in [0.4, 0.5) is 0 Å². The van der Waals surface area contributed by atoms with Crippen molar-refractivity contribution in [3.63, 3.8) is 0 Å². The Hall–Kier alpha value is -0.670. The van der Waals surface area contributed by atoms with Gasteiger partial charge in [0.2, 0.25) is 0 Å². The molecule has 1 aromatic rings. The van der Waals surface area contributed by atoms with Gasteiger partial charge in [0.15, 0.2) is 0 Å². The molecule has 0 amide bonds. The Morgan fingerprint density at radius 1 is 1.07 bits per heavy atom. The summed E-state index contributed by atoms with van der Waals surface area (Å²) >= 11 is 1.92. The third kappa shape index (κ3) is 6.42. The van der Waals surface area contributed by atoms with E-state index in [1.54, 1.807) is 0 Å². The van der Waals surface area contributed by atoms with Crippen molar-refractivity contribution in [2.45, 2.75) is 12.8 Å². The fourth-order valence-corrected chi connectivity index (χ4v) is 1.98. The molecule has 2 N–H and O–H groups in total. The molecule has 1 aromatic carbocycles. The number of hydrogen-bond acceptors (Lipinski definition) is 3. The highest BCUT2D eigenvalue weighted by Gasteiger charge is 1.92. The lowest BCUT2D eigenvalue weighted by atomic mass is 10.3. The smallest absolute Gasteiger partial charge is 0.119 e. The number of ether oxygens (including phenoxy) is 1. The van der Waals surface area contributed by atoms with Gasteiger partial charge in [-0.2, -0.15) is 11.8 Å². The lowest BCUT2D eigenvalue weighted by molar-refractivity contribution is 0.310. The Kier molecular flexibility index (Phi) is 7.13. The number of para-hydroxylation sites is 1. The van der Waals surface area contributed by atoms with Gasteiger partial charge in [-0.15, -0.1) is 0 Å². The highest BCUT2D eigenvalue weighted by Crippen LogP contribution is 2.09. The summed E-state index contributed by atoms with van der Waals surface area (Å²) in [5.41, 5.74) is 5.40. The molecule has 1 rings (SSSR count). The van der Waals surface area contributed by atoms with Crippen molar-refractivity contribution in [3.05, 3.63) is 30.3 Å². The van der Waals surface area contributed by atoms with Gasteiger partial charge in [-0.25, -0.2) is 0 Å². The second-order valence-corrected chi connectivity index (χ2v) is 4.49. The van der Waals surface area contributed by atoms with Gasteiger partial charge in [-0.3, -0.25) is 0 Å². The molecule has 0 unspecified atom stereocenters. The van der Waals surface area contributed by atoms with Gasteiger partial charge in [0.25, 0.3) is 0 Å². The Balaban J connectivity index is 1.93. The molecule has 0 aliphatic heterocycles. The van der Waals surface area contributed by atoms with Gasteiger partial charge in [-0.05, 0) is 30.7 Å². The summed E-state index contributed by atoms with van der Waals surface area (Å²) in [4.78, 5) is 0. The minimum Gasteiger partial charge on any atom is -0.494 e. The van der Waals surface area contributed by atoms with E-state index in [4.69, 9.17) is 10.5 Å². The van der Waals surface area contributed by atoms with Crippen LogP contribution in [0, 0.1) is 0 Å². The Morgan fingerprint density at radius 3 is 2.60 bits per heavy atom. The van der Waals surface area contributed by atoms with E-state index < -0.39 is 0 Å². The number of hydrogen-bond donors (Lipinski definition) is 1. The van der Waals surface area contributed by atoms with Crippen LogP contribution in [0.1, 0.15) is 12.8 Å². The molecule has 0 saturated heterocycles. The first-order chi connectivity index (χ1) is 7.43. The molecule has 0 atom stereocenters. The predicted octanol–water partition coefficient (Wildman–Crippen LogP) is 2.54. The average Bonchev–Trinajstić information content (AvgIpc) is 2.29. The first kappa shape index (κ1) is 12.4. The summed E-state index contributed by atoms with van der Waals surface area (Å²) in [6.45, 7) is 1.60. The third-order valence-electron chi connectivity index (χ3n) is 1.96. The minimum absolute atomic E-state index is 0.783. The summed E-state index contributed by atoms with van der Waals surface area (Å²) in [6.07, 6.45) is 2.32. The van der Waals surface area contributed by atoms with Gasteiger partial charge in [0, 0.05) is 12.3 Å². The van der Waals surface area contributed by atoms with E-state index in [0.717, 1.165) is 31.1 Å². The number of nitrogens with two attached hydrogens (primary N) is 1. The average molecular weight is 225 g/mol. The molecular formula is C12H19NOS. The molecule has 0 radical (unpaired) electrons. The molecule has 15 heavy (non-hydrogen) atoms. The van der Waals surface area contributed by atoms with E-state index in [1.165, 1.54) is 12.2 Å². The monoisotopic (exact) mass is 225 g/mol. The van der Waals surface area contributed by atoms with Crippen molar-refractivity contribution in [1.82, 2.24) is 0 Å². The zero-order valence-corrected chi connectivity index (χ0v) is 9.84. The van der Waals surface area contributed by atoms with Gasteiger partial charge < -0.3 is 10.5 Å². The summed E-state index contributed by atoms with van der Waals surface area (Å²) in [6, 6.07) is 9.96. The van der Waals surface area contributed by atoms with Gasteiger partial charge in [0.05, 0.1) is 6.61 Å². The second-order valence-electron chi connectivity index (χ2n) is 3.27. The van der Waals surface area contributed by atoms with Crippen molar-refractivity contribution < 1.29 is 4.74 Å². The van der Waals surface area contributed by atoms with Gasteiger partial charge >= 0.3 is 0 Å². The number of thioether (sulfide) groups is 1. The van der Waals surface area contributed by atoms with Crippen LogP contribution in [-0.4, -0.2) is 24.7 Å². The van der Waals surface area contributed by atoms with Crippen LogP contribution in [0.15, 0.2) is 30.3 Å². The zero-order chi connectivity index (χ0) is 10.8. The molecule has 0 aromatic heterocycles. The Labute approximate surface area is 96.2 Å². The summed E-state index contributed by atoms with van der Waals surface area (Å²) in [5.74, 6) is 3.22.